The fourth-order valence-corrected chi connectivity index (χ4v) is 10.5. The van der Waals surface area contributed by atoms with Crippen LogP contribution in [0.4, 0.5) is 0 Å². The normalized spacial score (nSPS) is 22.5. The van der Waals surface area contributed by atoms with Crippen molar-refractivity contribution in [3.05, 3.63) is 106 Å². The molecule has 7 rings (SSSR count). The fourth-order valence-electron chi connectivity index (χ4n) is 10.5. The van der Waals surface area contributed by atoms with E-state index in [1.54, 1.807) is 36.0 Å². The molecule has 0 bridgehead atoms. The molecule has 0 aromatic heterocycles. The summed E-state index contributed by atoms with van der Waals surface area (Å²) in [5.41, 5.74) is 5.40. The van der Waals surface area contributed by atoms with Crippen molar-refractivity contribution in [1.82, 2.24) is 41.7 Å². The summed E-state index contributed by atoms with van der Waals surface area (Å²) in [4.78, 5) is 88.2. The first-order valence-electron chi connectivity index (χ1n) is 23.8. The maximum absolute atomic E-state index is 14.7. The van der Waals surface area contributed by atoms with E-state index in [0.717, 1.165) is 60.8 Å². The average molecular weight is 903 g/mol. The third-order valence-electron chi connectivity index (χ3n) is 13.9. The van der Waals surface area contributed by atoms with Gasteiger partial charge in [0.25, 0.3) is 5.91 Å². The van der Waals surface area contributed by atoms with Gasteiger partial charge in [0.2, 0.25) is 29.5 Å². The Morgan fingerprint density at radius 3 is 1.77 bits per heavy atom. The molecule has 14 heteroatoms. The summed E-state index contributed by atoms with van der Waals surface area (Å²) in [6, 6.07) is 17.5. The second-order valence-corrected chi connectivity index (χ2v) is 20.9. The van der Waals surface area contributed by atoms with Gasteiger partial charge in [0, 0.05) is 31.1 Å². The van der Waals surface area contributed by atoms with Gasteiger partial charge in [-0.05, 0) is 115 Å². The van der Waals surface area contributed by atoms with E-state index in [1.165, 1.54) is 11.1 Å². The van der Waals surface area contributed by atoms with E-state index in [-0.39, 0.29) is 80.0 Å². The zero-order valence-corrected chi connectivity index (χ0v) is 40.0. The molecule has 6 N–H and O–H groups in total. The summed E-state index contributed by atoms with van der Waals surface area (Å²) in [7, 11) is 3.41. The van der Waals surface area contributed by atoms with Gasteiger partial charge in [-0.2, -0.15) is 0 Å². The number of amides is 6. The third kappa shape index (κ3) is 10.7. The van der Waals surface area contributed by atoms with Gasteiger partial charge in [-0.25, -0.2) is 0 Å². The van der Waals surface area contributed by atoms with Crippen LogP contribution in [0.3, 0.4) is 0 Å². The highest BCUT2D eigenvalue weighted by molar-refractivity contribution is 5.97. The zero-order chi connectivity index (χ0) is 47.5. The Labute approximate surface area is 390 Å². The molecule has 0 saturated carbocycles. The lowest BCUT2D eigenvalue weighted by Crippen LogP contribution is -2.61. The second-order valence-electron chi connectivity index (χ2n) is 20.9. The molecule has 6 amide bonds. The van der Waals surface area contributed by atoms with Gasteiger partial charge in [-0.1, -0.05) is 96.1 Å². The minimum absolute atomic E-state index is 0.0322. The number of aryl methyl sites for hydroxylation is 2. The minimum atomic E-state index is -0.920. The number of nitrogens with zero attached hydrogens (tertiary/aromatic N) is 2. The molecular weight excluding hydrogens is 833 g/mol. The molecular formula is C52H70N8O6. The quantitative estimate of drug-likeness (QED) is 0.155. The van der Waals surface area contributed by atoms with Gasteiger partial charge in [-0.15, -0.1) is 0 Å². The minimum Gasteiger partial charge on any atom is -0.347 e. The lowest BCUT2D eigenvalue weighted by atomic mass is 9.83. The largest absolute Gasteiger partial charge is 0.347 e. The third-order valence-corrected chi connectivity index (χ3v) is 13.9. The molecule has 354 valence electrons. The topological polar surface area (TPSA) is 181 Å². The summed E-state index contributed by atoms with van der Waals surface area (Å²) in [6.45, 7) is 11.9. The van der Waals surface area contributed by atoms with Gasteiger partial charge in [0.05, 0.1) is 24.7 Å². The highest BCUT2D eigenvalue weighted by Gasteiger charge is 2.46. The average Bonchev–Trinajstić information content (AvgIpc) is 3.71. The van der Waals surface area contributed by atoms with E-state index >= 15 is 0 Å². The summed E-state index contributed by atoms with van der Waals surface area (Å²) in [5, 5.41) is 18.6. The van der Waals surface area contributed by atoms with Gasteiger partial charge >= 0.3 is 0 Å². The summed E-state index contributed by atoms with van der Waals surface area (Å²) in [5.74, 6) is -1.79. The van der Waals surface area contributed by atoms with E-state index in [9.17, 15) is 28.8 Å². The lowest BCUT2D eigenvalue weighted by Gasteiger charge is -2.41. The van der Waals surface area contributed by atoms with Gasteiger partial charge in [-0.3, -0.25) is 28.8 Å². The summed E-state index contributed by atoms with van der Waals surface area (Å²) in [6.07, 6.45) is 5.71. The Morgan fingerprint density at radius 1 is 0.652 bits per heavy atom. The Hall–Kier alpha value is -5.60. The first-order chi connectivity index (χ1) is 31.4. The number of likely N-dealkylation sites (tertiary alicyclic amines) is 1. The SMILES string of the molecule is CNCC(=O)NC(C(=O)N1Cc2ccc(C(=O)NC3CC(C(=O)NC4CCCc5ccccc54)N(C(=O)[C@@H](NC)C(C)(C)C)C3)cc2CC1C(=O)NC1CCCc2ccccc21)C(C)(C)C. The first-order valence-corrected chi connectivity index (χ1v) is 23.8. The van der Waals surface area contributed by atoms with Crippen molar-refractivity contribution in [2.45, 2.75) is 142 Å². The van der Waals surface area contributed by atoms with Crippen molar-refractivity contribution in [2.75, 3.05) is 27.2 Å². The van der Waals surface area contributed by atoms with Crippen molar-refractivity contribution in [2.24, 2.45) is 10.8 Å². The maximum Gasteiger partial charge on any atom is 0.251 e. The number of hydrogen-bond acceptors (Lipinski definition) is 8. The van der Waals surface area contributed by atoms with Crippen LogP contribution in [0.1, 0.15) is 129 Å². The smallest absolute Gasteiger partial charge is 0.251 e. The highest BCUT2D eigenvalue weighted by atomic mass is 16.2. The molecule has 3 aromatic rings. The number of carbonyl (C=O) groups excluding carboxylic acids is 6. The zero-order valence-electron chi connectivity index (χ0n) is 40.0. The second kappa shape index (κ2) is 20.1. The van der Waals surface area contributed by atoms with E-state index in [1.807, 2.05) is 77.9 Å². The van der Waals surface area contributed by atoms with Crippen LogP contribution in [0.25, 0.3) is 0 Å². The Bertz CT molecular complexity index is 2320. The molecule has 2 heterocycles. The van der Waals surface area contributed by atoms with Gasteiger partial charge < -0.3 is 41.7 Å². The number of carbonyl (C=O) groups is 6. The molecule has 4 aliphatic rings. The van der Waals surface area contributed by atoms with E-state index in [4.69, 9.17) is 0 Å². The molecule has 3 aromatic carbocycles. The molecule has 66 heavy (non-hydrogen) atoms. The predicted molar refractivity (Wildman–Crippen MR) is 254 cm³/mol. The van der Waals surface area contributed by atoms with Gasteiger partial charge in [0.1, 0.15) is 18.1 Å². The van der Waals surface area contributed by atoms with E-state index in [2.05, 4.69) is 50.1 Å². The van der Waals surface area contributed by atoms with Crippen LogP contribution in [0, 0.1) is 10.8 Å². The molecule has 2 aliphatic heterocycles. The number of benzene rings is 3. The first kappa shape index (κ1) is 48.3. The maximum atomic E-state index is 14.7. The van der Waals surface area contributed by atoms with Crippen LogP contribution < -0.4 is 31.9 Å². The van der Waals surface area contributed by atoms with Crippen molar-refractivity contribution < 1.29 is 28.8 Å². The van der Waals surface area contributed by atoms with Crippen molar-refractivity contribution in [1.29, 1.82) is 0 Å². The Balaban J connectivity index is 1.13. The summed E-state index contributed by atoms with van der Waals surface area (Å²) >= 11 is 0. The monoisotopic (exact) mass is 903 g/mol. The Kier molecular flexibility index (Phi) is 14.7. The van der Waals surface area contributed by atoms with Gasteiger partial charge in [0.15, 0.2) is 0 Å². The molecule has 6 unspecified atom stereocenters. The molecule has 0 spiro atoms. The number of hydrogen-bond donors (Lipinski definition) is 6. The van der Waals surface area contributed by atoms with Crippen LogP contribution in [0.5, 0.6) is 0 Å². The van der Waals surface area contributed by atoms with Crippen LogP contribution in [0.15, 0.2) is 66.7 Å². The van der Waals surface area contributed by atoms with Crippen LogP contribution >= 0.6 is 0 Å². The highest BCUT2D eigenvalue weighted by Crippen LogP contribution is 2.34. The molecule has 1 saturated heterocycles. The number of likely N-dealkylation sites (N-methyl/N-ethyl adjacent to an activating group) is 2. The molecule has 1 fully saturated rings. The van der Waals surface area contributed by atoms with Crippen LogP contribution in [0.2, 0.25) is 0 Å². The van der Waals surface area contributed by atoms with E-state index < -0.39 is 41.0 Å². The molecule has 0 radical (unpaired) electrons. The Morgan fingerprint density at radius 2 is 1.21 bits per heavy atom. The van der Waals surface area contributed by atoms with Crippen molar-refractivity contribution >= 4 is 35.4 Å². The molecule has 2 aliphatic carbocycles. The lowest BCUT2D eigenvalue weighted by molar-refractivity contribution is -0.147. The van der Waals surface area contributed by atoms with Crippen LogP contribution in [-0.2, 0) is 49.8 Å². The van der Waals surface area contributed by atoms with Crippen molar-refractivity contribution in [3.8, 4) is 0 Å². The standard InChI is InChI=1S/C52H70N8O6/c1-51(2,3)44(54-8)49(65)60-30-36(27-42(60)48(64)57-40-22-14-18-32-16-10-12-20-38(32)40)55-46(62)33-23-24-34-29-59(50(66)45(52(4,5)6)58-43(61)28-53-7)41(26-35(34)25-33)47(63)56-39-21-13-17-31-15-9-11-19-37(31)39/h9-12,15-16,19-20,23-25,36,39-42,44-45,53-54H,13-14,17-18,21-22,26-30H2,1-8H3,(H,55,62)(H,56,63)(H,57,64)(H,58,61)/t36?,39?,40?,41?,42?,44-,45?/m1/s1. The summed E-state index contributed by atoms with van der Waals surface area (Å²) < 4.78 is 0. The number of fused-ring (bicyclic) bond motifs is 3. The number of rotatable bonds is 12. The number of nitrogens with one attached hydrogen (secondary N) is 6. The predicted octanol–water partition coefficient (Wildman–Crippen LogP) is 4.41. The van der Waals surface area contributed by atoms with Crippen LogP contribution in [-0.4, -0.2) is 103 Å². The van der Waals surface area contributed by atoms with Crippen molar-refractivity contribution in [3.63, 3.8) is 0 Å². The van der Waals surface area contributed by atoms with E-state index in [0.29, 0.717) is 5.56 Å². The molecule has 14 nitrogen and oxygen atoms in total. The molecule has 7 atom stereocenters. The fraction of sp³-hybridized carbons (Fsp3) is 0.538.